The van der Waals surface area contributed by atoms with Crippen LogP contribution in [0.1, 0.15) is 30.1 Å². The minimum Gasteiger partial charge on any atom is -0.481 e. The van der Waals surface area contributed by atoms with Gasteiger partial charge in [0, 0.05) is 16.0 Å². The molecule has 0 atom stereocenters. The first-order valence-corrected chi connectivity index (χ1v) is 7.83. The topological polar surface area (TPSA) is 66.4 Å². The van der Waals surface area contributed by atoms with E-state index in [1.165, 1.54) is 0 Å². The summed E-state index contributed by atoms with van der Waals surface area (Å²) in [5, 5.41) is 12.3. The quantitative estimate of drug-likeness (QED) is 0.820. The number of thioether (sulfide) groups is 1. The summed E-state index contributed by atoms with van der Waals surface area (Å²) in [6.07, 6.45) is 1.01. The molecule has 20 heavy (non-hydrogen) atoms. The zero-order valence-corrected chi connectivity index (χ0v) is 12.6. The van der Waals surface area contributed by atoms with Gasteiger partial charge in [-0.2, -0.15) is 0 Å². The molecule has 0 spiro atoms. The molecule has 0 aromatic heterocycles. The fraction of sp³-hybridized carbons (Fsp3) is 0.429. The van der Waals surface area contributed by atoms with Gasteiger partial charge >= 0.3 is 5.97 Å². The summed E-state index contributed by atoms with van der Waals surface area (Å²) in [4.78, 5) is 23.8. The Hall–Kier alpha value is -1.20. The van der Waals surface area contributed by atoms with E-state index in [0.717, 1.165) is 10.6 Å². The van der Waals surface area contributed by atoms with E-state index in [4.69, 9.17) is 16.7 Å². The third-order valence-electron chi connectivity index (χ3n) is 3.31. The lowest BCUT2D eigenvalue weighted by Crippen LogP contribution is -2.46. The predicted molar refractivity (Wildman–Crippen MR) is 79.5 cm³/mol. The Morgan fingerprint density at radius 1 is 1.45 bits per heavy atom. The third kappa shape index (κ3) is 3.46. The maximum atomic E-state index is 12.2. The van der Waals surface area contributed by atoms with Gasteiger partial charge in [0.1, 0.15) is 0 Å². The van der Waals surface area contributed by atoms with Gasteiger partial charge < -0.3 is 10.4 Å². The first kappa shape index (κ1) is 15.2. The Labute approximate surface area is 126 Å². The van der Waals surface area contributed by atoms with Crippen molar-refractivity contribution in [3.05, 3.63) is 28.8 Å². The average Bonchev–Trinajstić information content (AvgIpc) is 2.33. The van der Waals surface area contributed by atoms with Crippen LogP contribution in [0.5, 0.6) is 0 Å². The predicted octanol–water partition coefficient (Wildman–Crippen LogP) is 3.05. The maximum absolute atomic E-state index is 12.2. The van der Waals surface area contributed by atoms with Crippen molar-refractivity contribution in [1.82, 2.24) is 5.32 Å². The molecule has 1 aliphatic carbocycles. The number of carboxylic acid groups (broad SMARTS) is 1. The van der Waals surface area contributed by atoms with E-state index in [-0.39, 0.29) is 17.9 Å². The molecule has 6 heteroatoms. The van der Waals surface area contributed by atoms with Crippen LogP contribution in [-0.4, -0.2) is 28.8 Å². The van der Waals surface area contributed by atoms with Crippen molar-refractivity contribution in [2.24, 2.45) is 5.92 Å². The van der Waals surface area contributed by atoms with Gasteiger partial charge in [-0.15, -0.1) is 11.8 Å². The number of aliphatic carboxylic acids is 1. The van der Waals surface area contributed by atoms with Gasteiger partial charge in [-0.1, -0.05) is 18.5 Å². The van der Waals surface area contributed by atoms with Crippen molar-refractivity contribution in [2.45, 2.75) is 30.7 Å². The summed E-state index contributed by atoms with van der Waals surface area (Å²) in [5.41, 5.74) is 0.597. The number of amides is 1. The molecule has 1 amide bonds. The number of hydrogen-bond donors (Lipinski definition) is 2. The highest BCUT2D eigenvalue weighted by atomic mass is 35.5. The highest BCUT2D eigenvalue weighted by molar-refractivity contribution is 7.99. The fourth-order valence-electron chi connectivity index (χ4n) is 2.16. The second kappa shape index (κ2) is 6.50. The average molecular weight is 314 g/mol. The van der Waals surface area contributed by atoms with Gasteiger partial charge in [0.05, 0.1) is 11.5 Å². The molecular formula is C14H16ClNO3S. The van der Waals surface area contributed by atoms with E-state index in [9.17, 15) is 9.59 Å². The molecule has 0 bridgehead atoms. The number of carbonyl (C=O) groups is 2. The van der Waals surface area contributed by atoms with Gasteiger partial charge in [-0.05, 0) is 36.8 Å². The second-order valence-electron chi connectivity index (χ2n) is 4.75. The van der Waals surface area contributed by atoms with Gasteiger partial charge in [-0.3, -0.25) is 9.59 Å². The monoisotopic (exact) mass is 313 g/mol. The van der Waals surface area contributed by atoms with Crippen molar-refractivity contribution < 1.29 is 14.7 Å². The Kier molecular flexibility index (Phi) is 4.94. The molecule has 0 unspecified atom stereocenters. The van der Waals surface area contributed by atoms with E-state index < -0.39 is 5.97 Å². The Morgan fingerprint density at radius 2 is 2.15 bits per heavy atom. The third-order valence-corrected chi connectivity index (χ3v) is 4.48. The van der Waals surface area contributed by atoms with Gasteiger partial charge in [0.2, 0.25) is 0 Å². The number of rotatable bonds is 5. The highest BCUT2D eigenvalue weighted by Gasteiger charge is 2.35. The summed E-state index contributed by atoms with van der Waals surface area (Å²) in [5.74, 6) is -0.420. The zero-order chi connectivity index (χ0) is 14.7. The molecule has 1 aromatic rings. The number of halogens is 1. The smallest absolute Gasteiger partial charge is 0.306 e. The van der Waals surface area contributed by atoms with Crippen LogP contribution in [-0.2, 0) is 4.79 Å². The number of nitrogens with one attached hydrogen (secondary N) is 1. The fourth-order valence-corrected chi connectivity index (χ4v) is 3.23. The van der Waals surface area contributed by atoms with Crippen LogP contribution in [0.15, 0.2) is 23.1 Å². The minimum atomic E-state index is -0.788. The summed E-state index contributed by atoms with van der Waals surface area (Å²) in [7, 11) is 0. The van der Waals surface area contributed by atoms with Crippen molar-refractivity contribution in [2.75, 3.05) is 5.75 Å². The van der Waals surface area contributed by atoms with Crippen molar-refractivity contribution in [3.63, 3.8) is 0 Å². The molecule has 4 nitrogen and oxygen atoms in total. The van der Waals surface area contributed by atoms with Crippen LogP contribution >= 0.6 is 23.4 Å². The number of carbonyl (C=O) groups excluding carboxylic acids is 1. The van der Waals surface area contributed by atoms with Crippen LogP contribution < -0.4 is 5.32 Å². The molecule has 2 rings (SSSR count). The SMILES string of the molecule is CCSc1cc(Cl)ccc1C(=O)NC1CC(C(=O)O)C1. The van der Waals surface area contributed by atoms with E-state index in [0.29, 0.717) is 23.4 Å². The molecule has 0 saturated heterocycles. The van der Waals surface area contributed by atoms with E-state index in [1.807, 2.05) is 6.92 Å². The number of carboxylic acids is 1. The van der Waals surface area contributed by atoms with Crippen LogP contribution in [0.4, 0.5) is 0 Å². The molecule has 1 aromatic carbocycles. The second-order valence-corrected chi connectivity index (χ2v) is 6.49. The first-order chi connectivity index (χ1) is 9.51. The molecule has 0 radical (unpaired) electrons. The van der Waals surface area contributed by atoms with Crippen LogP contribution in [0, 0.1) is 5.92 Å². The highest BCUT2D eigenvalue weighted by Crippen LogP contribution is 2.29. The molecule has 2 N–H and O–H groups in total. The van der Waals surface area contributed by atoms with Crippen molar-refractivity contribution >= 4 is 35.2 Å². The Morgan fingerprint density at radius 3 is 2.75 bits per heavy atom. The number of hydrogen-bond acceptors (Lipinski definition) is 3. The van der Waals surface area contributed by atoms with E-state index in [1.54, 1.807) is 30.0 Å². The summed E-state index contributed by atoms with van der Waals surface area (Å²) < 4.78 is 0. The summed E-state index contributed by atoms with van der Waals surface area (Å²) >= 11 is 7.51. The lowest BCUT2D eigenvalue weighted by molar-refractivity contribution is -0.145. The molecule has 108 valence electrons. The molecule has 0 heterocycles. The van der Waals surface area contributed by atoms with Crippen LogP contribution in [0.3, 0.4) is 0 Å². The summed E-state index contributed by atoms with van der Waals surface area (Å²) in [6, 6.07) is 5.14. The standard InChI is InChI=1S/C14H16ClNO3S/c1-2-20-12-7-9(15)3-4-11(12)13(17)16-10-5-8(6-10)14(18)19/h3-4,7-8,10H,2,5-6H2,1H3,(H,16,17)(H,18,19). The summed E-state index contributed by atoms with van der Waals surface area (Å²) in [6.45, 7) is 2.01. The Balaban J connectivity index is 2.01. The van der Waals surface area contributed by atoms with Crippen molar-refractivity contribution in [3.8, 4) is 0 Å². The van der Waals surface area contributed by atoms with E-state index in [2.05, 4.69) is 5.32 Å². The Bertz CT molecular complexity index is 529. The minimum absolute atomic E-state index is 0.0428. The molecule has 1 fully saturated rings. The maximum Gasteiger partial charge on any atom is 0.306 e. The van der Waals surface area contributed by atoms with Gasteiger partial charge in [0.15, 0.2) is 0 Å². The van der Waals surface area contributed by atoms with E-state index >= 15 is 0 Å². The molecule has 1 saturated carbocycles. The normalized spacial score (nSPS) is 21.1. The zero-order valence-electron chi connectivity index (χ0n) is 11.1. The van der Waals surface area contributed by atoms with Crippen molar-refractivity contribution in [1.29, 1.82) is 0 Å². The number of benzene rings is 1. The largest absolute Gasteiger partial charge is 0.481 e. The van der Waals surface area contributed by atoms with Crippen LogP contribution in [0.25, 0.3) is 0 Å². The lowest BCUT2D eigenvalue weighted by Gasteiger charge is -2.33. The lowest BCUT2D eigenvalue weighted by atomic mass is 9.80. The molecule has 0 aliphatic heterocycles. The van der Waals surface area contributed by atoms with Gasteiger partial charge in [-0.25, -0.2) is 0 Å². The molecular weight excluding hydrogens is 298 g/mol. The van der Waals surface area contributed by atoms with Gasteiger partial charge in [0.25, 0.3) is 5.91 Å². The first-order valence-electron chi connectivity index (χ1n) is 6.47. The van der Waals surface area contributed by atoms with Crippen LogP contribution in [0.2, 0.25) is 5.02 Å². The molecule has 1 aliphatic rings.